The Bertz CT molecular complexity index is 1330. The summed E-state index contributed by atoms with van der Waals surface area (Å²) in [5.74, 6) is -1.41. The number of carbonyl (C=O) groups excluding carboxylic acids is 1. The highest BCUT2D eigenvalue weighted by Gasteiger charge is 2.27. The van der Waals surface area contributed by atoms with Crippen molar-refractivity contribution in [3.63, 3.8) is 0 Å². The summed E-state index contributed by atoms with van der Waals surface area (Å²) in [6.45, 7) is 0.763. The molecule has 0 radical (unpaired) electrons. The van der Waals surface area contributed by atoms with Crippen LogP contribution in [0.1, 0.15) is 16.7 Å². The zero-order valence-electron chi connectivity index (χ0n) is 18.1. The number of hydrogen-bond donors (Lipinski definition) is 1. The van der Waals surface area contributed by atoms with Crippen LogP contribution >= 0.6 is 0 Å². The predicted molar refractivity (Wildman–Crippen MR) is 124 cm³/mol. The molecule has 0 saturated carbocycles. The molecule has 0 fully saturated rings. The number of nitro groups is 1. The number of nitrogens with one attached hydrogen (secondary N) is 1. The van der Waals surface area contributed by atoms with Crippen molar-refractivity contribution in [3.05, 3.63) is 105 Å². The van der Waals surface area contributed by atoms with E-state index in [1.165, 1.54) is 48.5 Å². The summed E-state index contributed by atoms with van der Waals surface area (Å²) in [6.07, 6.45) is 1.09. The molecule has 9 nitrogen and oxygen atoms in total. The smallest absolute Gasteiger partial charge is 0.272 e. The molecule has 0 bridgehead atoms. The molecule has 0 heterocycles. The topological polar surface area (TPSA) is 122 Å². The number of aryl methyl sites for hydroxylation is 1. The van der Waals surface area contributed by atoms with Crippen molar-refractivity contribution in [3.8, 4) is 0 Å². The lowest BCUT2D eigenvalue weighted by Gasteiger charge is -2.22. The molecule has 11 heteroatoms. The first-order valence-electron chi connectivity index (χ1n) is 10.0. The van der Waals surface area contributed by atoms with Gasteiger partial charge >= 0.3 is 0 Å². The first kappa shape index (κ1) is 24.7. The normalized spacial score (nSPS) is 11.6. The molecule has 176 valence electrons. The lowest BCUT2D eigenvalue weighted by molar-refractivity contribution is -0.385. The summed E-state index contributed by atoms with van der Waals surface area (Å²) in [7, 11) is -4.16. The Labute approximate surface area is 195 Å². The van der Waals surface area contributed by atoms with Gasteiger partial charge in [-0.05, 0) is 31.2 Å². The van der Waals surface area contributed by atoms with Gasteiger partial charge in [-0.15, -0.1) is 0 Å². The SMILES string of the molecule is Cc1ccc(S(=O)(=O)N(CC(=O)N/N=C\c2ccccc2[N+](=O)[O-])Cc2ccccc2F)cc1. The van der Waals surface area contributed by atoms with Crippen molar-refractivity contribution in [2.24, 2.45) is 5.10 Å². The maximum atomic E-state index is 14.2. The van der Waals surface area contributed by atoms with Gasteiger partial charge in [-0.3, -0.25) is 14.9 Å². The average molecular weight is 485 g/mol. The second-order valence-electron chi connectivity index (χ2n) is 7.29. The van der Waals surface area contributed by atoms with E-state index in [1.807, 2.05) is 0 Å². The van der Waals surface area contributed by atoms with Crippen molar-refractivity contribution in [2.75, 3.05) is 6.54 Å². The number of hydrazone groups is 1. The largest absolute Gasteiger partial charge is 0.278 e. The third-order valence-electron chi connectivity index (χ3n) is 4.81. The first-order valence-corrected chi connectivity index (χ1v) is 11.5. The van der Waals surface area contributed by atoms with Crippen LogP contribution in [0.2, 0.25) is 0 Å². The van der Waals surface area contributed by atoms with Crippen LogP contribution in [0.5, 0.6) is 0 Å². The first-order chi connectivity index (χ1) is 16.2. The molecule has 1 N–H and O–H groups in total. The van der Waals surface area contributed by atoms with E-state index in [0.717, 1.165) is 16.1 Å². The van der Waals surface area contributed by atoms with Crippen LogP contribution in [0.4, 0.5) is 10.1 Å². The van der Waals surface area contributed by atoms with Gasteiger partial charge in [0.1, 0.15) is 5.82 Å². The number of benzene rings is 3. The van der Waals surface area contributed by atoms with Crippen molar-refractivity contribution in [1.29, 1.82) is 0 Å². The maximum Gasteiger partial charge on any atom is 0.278 e. The number of nitrogens with zero attached hydrogens (tertiary/aromatic N) is 3. The molecule has 0 unspecified atom stereocenters. The fourth-order valence-corrected chi connectivity index (χ4v) is 4.41. The molecule has 0 aliphatic carbocycles. The zero-order chi connectivity index (χ0) is 24.7. The van der Waals surface area contributed by atoms with Crippen LogP contribution in [-0.2, 0) is 21.4 Å². The predicted octanol–water partition coefficient (Wildman–Crippen LogP) is 3.38. The van der Waals surface area contributed by atoms with Crippen LogP contribution < -0.4 is 5.43 Å². The van der Waals surface area contributed by atoms with E-state index in [0.29, 0.717) is 0 Å². The Balaban J connectivity index is 1.82. The second kappa shape index (κ2) is 10.8. The van der Waals surface area contributed by atoms with E-state index in [2.05, 4.69) is 10.5 Å². The standard InChI is InChI=1S/C23H21FN4O5S/c1-17-10-12-20(13-11-17)34(32,33)27(15-19-7-2-4-8-21(19)24)16-23(29)26-25-14-18-6-3-5-9-22(18)28(30)31/h2-14H,15-16H2,1H3,(H,26,29)/b25-14-. The summed E-state index contributed by atoms with van der Waals surface area (Å²) < 4.78 is 41.5. The van der Waals surface area contributed by atoms with Crippen LogP contribution in [0.15, 0.2) is 82.8 Å². The van der Waals surface area contributed by atoms with Gasteiger partial charge in [-0.25, -0.2) is 18.2 Å². The summed E-state index contributed by atoms with van der Waals surface area (Å²) in [5, 5.41) is 14.8. The van der Waals surface area contributed by atoms with Gasteiger partial charge in [0.15, 0.2) is 0 Å². The van der Waals surface area contributed by atoms with Gasteiger partial charge in [0, 0.05) is 18.2 Å². The van der Waals surface area contributed by atoms with E-state index in [-0.39, 0.29) is 28.3 Å². The van der Waals surface area contributed by atoms with E-state index in [4.69, 9.17) is 0 Å². The molecule has 3 aromatic carbocycles. The Morgan fingerprint density at radius 3 is 2.41 bits per heavy atom. The van der Waals surface area contributed by atoms with E-state index >= 15 is 0 Å². The Morgan fingerprint density at radius 2 is 1.74 bits per heavy atom. The molecule has 0 aromatic heterocycles. The van der Waals surface area contributed by atoms with Gasteiger partial charge in [0.05, 0.1) is 28.1 Å². The van der Waals surface area contributed by atoms with Crippen molar-refractivity contribution >= 4 is 27.8 Å². The van der Waals surface area contributed by atoms with Gasteiger partial charge in [-0.1, -0.05) is 48.0 Å². The Hall–Kier alpha value is -3.96. The monoisotopic (exact) mass is 484 g/mol. The number of rotatable bonds is 9. The van der Waals surface area contributed by atoms with Crippen molar-refractivity contribution in [2.45, 2.75) is 18.4 Å². The molecule has 34 heavy (non-hydrogen) atoms. The molecule has 3 rings (SSSR count). The molecule has 1 amide bonds. The van der Waals surface area contributed by atoms with Crippen LogP contribution in [0, 0.1) is 22.9 Å². The van der Waals surface area contributed by atoms with Crippen LogP contribution in [0.25, 0.3) is 0 Å². The molecule has 0 aliphatic heterocycles. The highest BCUT2D eigenvalue weighted by molar-refractivity contribution is 7.89. The minimum atomic E-state index is -4.16. The third-order valence-corrected chi connectivity index (χ3v) is 6.62. The molecule has 3 aromatic rings. The number of carbonyl (C=O) groups is 1. The van der Waals surface area contributed by atoms with Gasteiger partial charge < -0.3 is 0 Å². The number of amides is 1. The molecule has 0 spiro atoms. The fraction of sp³-hybridized carbons (Fsp3) is 0.130. The molecule has 0 saturated heterocycles. The van der Waals surface area contributed by atoms with E-state index < -0.39 is 33.2 Å². The molecule has 0 atom stereocenters. The maximum absolute atomic E-state index is 14.2. The summed E-state index contributed by atoms with van der Waals surface area (Å²) in [4.78, 5) is 23.0. The fourth-order valence-electron chi connectivity index (χ4n) is 3.03. The lowest BCUT2D eigenvalue weighted by atomic mass is 10.2. The number of para-hydroxylation sites is 1. The quantitative estimate of drug-likeness (QED) is 0.283. The third kappa shape index (κ3) is 6.09. The minimum absolute atomic E-state index is 0.0503. The zero-order valence-corrected chi connectivity index (χ0v) is 18.9. The van der Waals surface area contributed by atoms with E-state index in [9.17, 15) is 27.7 Å². The van der Waals surface area contributed by atoms with Gasteiger partial charge in [-0.2, -0.15) is 9.41 Å². The van der Waals surface area contributed by atoms with Crippen molar-refractivity contribution in [1.82, 2.24) is 9.73 Å². The summed E-state index contributed by atoms with van der Waals surface area (Å²) in [5.41, 5.74) is 3.06. The highest BCUT2D eigenvalue weighted by Crippen LogP contribution is 2.20. The highest BCUT2D eigenvalue weighted by atomic mass is 32.2. The number of halogens is 1. The second-order valence-corrected chi connectivity index (χ2v) is 9.22. The summed E-state index contributed by atoms with van der Waals surface area (Å²) in [6, 6.07) is 17.5. The lowest BCUT2D eigenvalue weighted by Crippen LogP contribution is -2.39. The average Bonchev–Trinajstić information content (AvgIpc) is 2.80. The molecular formula is C23H21FN4O5S. The van der Waals surface area contributed by atoms with Crippen LogP contribution in [0.3, 0.4) is 0 Å². The number of nitro benzene ring substituents is 1. The van der Waals surface area contributed by atoms with Gasteiger partial charge in [0.2, 0.25) is 10.0 Å². The summed E-state index contributed by atoms with van der Waals surface area (Å²) >= 11 is 0. The van der Waals surface area contributed by atoms with Crippen LogP contribution in [-0.4, -0.2) is 36.3 Å². The molecular weight excluding hydrogens is 463 g/mol. The number of sulfonamides is 1. The Kier molecular flexibility index (Phi) is 7.82. The van der Waals surface area contributed by atoms with Crippen molar-refractivity contribution < 1.29 is 22.5 Å². The molecule has 0 aliphatic rings. The van der Waals surface area contributed by atoms with Gasteiger partial charge in [0.25, 0.3) is 11.6 Å². The Morgan fingerprint density at radius 1 is 1.09 bits per heavy atom. The van der Waals surface area contributed by atoms with E-state index in [1.54, 1.807) is 31.2 Å². The number of hydrogen-bond acceptors (Lipinski definition) is 6. The minimum Gasteiger partial charge on any atom is -0.272 e.